The summed E-state index contributed by atoms with van der Waals surface area (Å²) in [5.74, 6) is -0.234. The van der Waals surface area contributed by atoms with Crippen molar-refractivity contribution in [3.05, 3.63) is 70.6 Å². The summed E-state index contributed by atoms with van der Waals surface area (Å²) < 4.78 is 11.2. The third-order valence-electron chi connectivity index (χ3n) is 4.95. The van der Waals surface area contributed by atoms with Crippen molar-refractivity contribution in [2.75, 3.05) is 0 Å². The Morgan fingerprint density at radius 1 is 1.13 bits per heavy atom. The van der Waals surface area contributed by atoms with Gasteiger partial charge in [-0.15, -0.1) is 10.2 Å². The van der Waals surface area contributed by atoms with E-state index in [0.717, 1.165) is 5.56 Å². The maximum atomic E-state index is 13.2. The zero-order valence-corrected chi connectivity index (χ0v) is 17.3. The fourth-order valence-electron chi connectivity index (χ4n) is 3.38. The van der Waals surface area contributed by atoms with Crippen molar-refractivity contribution in [3.63, 3.8) is 0 Å². The van der Waals surface area contributed by atoms with Crippen LogP contribution in [0.15, 0.2) is 52.9 Å². The smallest absolute Gasteiger partial charge is 0.339 e. The molecule has 2 heterocycles. The van der Waals surface area contributed by atoms with Crippen molar-refractivity contribution in [2.45, 2.75) is 39.0 Å². The Labute approximate surface area is 178 Å². The third-order valence-corrected chi connectivity index (χ3v) is 5.28. The number of benzene rings is 2. The van der Waals surface area contributed by atoms with Gasteiger partial charge < -0.3 is 14.1 Å². The molecule has 0 saturated heterocycles. The molecule has 8 heteroatoms. The van der Waals surface area contributed by atoms with Crippen LogP contribution in [0.1, 0.15) is 35.7 Å². The van der Waals surface area contributed by atoms with E-state index in [0.29, 0.717) is 22.6 Å². The fourth-order valence-corrected chi connectivity index (χ4v) is 3.59. The van der Waals surface area contributed by atoms with Crippen molar-refractivity contribution in [2.24, 2.45) is 0 Å². The Morgan fingerprint density at radius 2 is 1.83 bits per heavy atom. The highest BCUT2D eigenvalue weighted by molar-refractivity contribution is 6.33. The standard InChI is InChI=1S/C22H20ClN3O4/c1-13(2)26(12-19-24-25-20(30-19)16-9-5-6-10-17(16)23)21(27)18-11-14-7-3-4-8-15(14)22(28)29-18/h3-10,13,18H,11-12H2,1-2H3. The topological polar surface area (TPSA) is 85.5 Å². The van der Waals surface area contributed by atoms with Crippen molar-refractivity contribution >= 4 is 23.5 Å². The number of nitrogens with zero attached hydrogens (tertiary/aromatic N) is 3. The van der Waals surface area contributed by atoms with E-state index < -0.39 is 12.1 Å². The first-order valence-electron chi connectivity index (χ1n) is 9.60. The number of rotatable bonds is 5. The first-order valence-corrected chi connectivity index (χ1v) is 9.98. The number of esters is 1. The molecule has 4 rings (SSSR count). The number of hydrogen-bond acceptors (Lipinski definition) is 6. The molecular formula is C22H20ClN3O4. The molecule has 30 heavy (non-hydrogen) atoms. The SMILES string of the molecule is CC(C)N(Cc1nnc(-c2ccccc2Cl)o1)C(=O)C1Cc2ccccc2C(=O)O1. The van der Waals surface area contributed by atoms with Gasteiger partial charge in [-0.05, 0) is 37.6 Å². The van der Waals surface area contributed by atoms with Gasteiger partial charge in [0.25, 0.3) is 5.91 Å². The lowest BCUT2D eigenvalue weighted by Gasteiger charge is -2.31. The van der Waals surface area contributed by atoms with Crippen LogP contribution in [0.4, 0.5) is 0 Å². The molecule has 1 amide bonds. The van der Waals surface area contributed by atoms with Gasteiger partial charge in [-0.3, -0.25) is 4.79 Å². The minimum Gasteiger partial charge on any atom is -0.448 e. The minimum atomic E-state index is -0.888. The van der Waals surface area contributed by atoms with E-state index in [4.69, 9.17) is 20.8 Å². The number of cyclic esters (lactones) is 1. The number of carbonyl (C=O) groups is 2. The number of halogens is 1. The summed E-state index contributed by atoms with van der Waals surface area (Å²) in [6.07, 6.45) is -0.556. The summed E-state index contributed by atoms with van der Waals surface area (Å²) in [7, 11) is 0. The van der Waals surface area contributed by atoms with Crippen LogP contribution in [0.2, 0.25) is 5.02 Å². The van der Waals surface area contributed by atoms with Gasteiger partial charge in [0.2, 0.25) is 11.8 Å². The quantitative estimate of drug-likeness (QED) is 0.576. The molecule has 0 aliphatic carbocycles. The monoisotopic (exact) mass is 425 g/mol. The van der Waals surface area contributed by atoms with E-state index in [1.165, 1.54) is 0 Å². The average molecular weight is 426 g/mol. The van der Waals surface area contributed by atoms with Crippen molar-refractivity contribution < 1.29 is 18.7 Å². The van der Waals surface area contributed by atoms with Crippen LogP contribution in [0.25, 0.3) is 11.5 Å². The molecule has 3 aromatic rings. The molecule has 0 spiro atoms. The number of carbonyl (C=O) groups excluding carboxylic acids is 2. The second-order valence-electron chi connectivity index (χ2n) is 7.30. The molecule has 7 nitrogen and oxygen atoms in total. The second kappa shape index (κ2) is 8.28. The number of fused-ring (bicyclic) bond motifs is 1. The van der Waals surface area contributed by atoms with E-state index in [1.54, 1.807) is 29.2 Å². The predicted octanol–water partition coefficient (Wildman–Crippen LogP) is 3.91. The normalized spacial score (nSPS) is 15.6. The lowest BCUT2D eigenvalue weighted by Crippen LogP contribution is -2.47. The molecule has 1 atom stereocenters. The maximum absolute atomic E-state index is 13.2. The van der Waals surface area contributed by atoms with Crippen LogP contribution < -0.4 is 0 Å². The molecular weight excluding hydrogens is 406 g/mol. The summed E-state index contributed by atoms with van der Waals surface area (Å²) >= 11 is 6.19. The lowest BCUT2D eigenvalue weighted by molar-refractivity contribution is -0.144. The average Bonchev–Trinajstić information content (AvgIpc) is 3.20. The number of ether oxygens (including phenoxy) is 1. The highest BCUT2D eigenvalue weighted by Crippen LogP contribution is 2.27. The largest absolute Gasteiger partial charge is 0.448 e. The summed E-state index contributed by atoms with van der Waals surface area (Å²) in [5.41, 5.74) is 1.92. The van der Waals surface area contributed by atoms with Gasteiger partial charge in [-0.25, -0.2) is 4.79 Å². The number of amides is 1. The number of aromatic nitrogens is 2. The van der Waals surface area contributed by atoms with Crippen LogP contribution >= 0.6 is 11.6 Å². The van der Waals surface area contributed by atoms with E-state index in [9.17, 15) is 9.59 Å². The van der Waals surface area contributed by atoms with Gasteiger partial charge in [-0.1, -0.05) is 41.9 Å². The second-order valence-corrected chi connectivity index (χ2v) is 7.70. The minimum absolute atomic E-state index is 0.101. The van der Waals surface area contributed by atoms with Gasteiger partial charge in [0.05, 0.1) is 22.7 Å². The van der Waals surface area contributed by atoms with E-state index >= 15 is 0 Å². The van der Waals surface area contributed by atoms with Gasteiger partial charge in [0.15, 0.2) is 6.10 Å². The zero-order valence-electron chi connectivity index (χ0n) is 16.5. The van der Waals surface area contributed by atoms with Crippen LogP contribution in [-0.4, -0.2) is 39.1 Å². The van der Waals surface area contributed by atoms with Gasteiger partial charge in [-0.2, -0.15) is 0 Å². The van der Waals surface area contributed by atoms with Crippen LogP contribution in [0.5, 0.6) is 0 Å². The van der Waals surface area contributed by atoms with Gasteiger partial charge in [0.1, 0.15) is 0 Å². The van der Waals surface area contributed by atoms with Crippen molar-refractivity contribution in [1.82, 2.24) is 15.1 Å². The molecule has 0 N–H and O–H groups in total. The molecule has 1 aliphatic heterocycles. The molecule has 154 valence electrons. The Hall–Kier alpha value is -3.19. The van der Waals surface area contributed by atoms with Gasteiger partial charge >= 0.3 is 5.97 Å². The highest BCUT2D eigenvalue weighted by Gasteiger charge is 2.35. The fraction of sp³-hybridized carbons (Fsp3) is 0.273. The van der Waals surface area contributed by atoms with Crippen LogP contribution in [-0.2, 0) is 22.5 Å². The first-order chi connectivity index (χ1) is 14.4. The molecule has 0 fully saturated rings. The summed E-state index contributed by atoms with van der Waals surface area (Å²) in [5, 5.41) is 8.60. The number of hydrogen-bond donors (Lipinski definition) is 0. The van der Waals surface area contributed by atoms with E-state index in [-0.39, 0.29) is 30.3 Å². The molecule has 2 aromatic carbocycles. The Balaban J connectivity index is 1.53. The van der Waals surface area contributed by atoms with E-state index in [2.05, 4.69) is 10.2 Å². The Bertz CT molecular complexity index is 1100. The maximum Gasteiger partial charge on any atom is 0.339 e. The molecule has 1 unspecified atom stereocenters. The van der Waals surface area contributed by atoms with Crippen LogP contribution in [0, 0.1) is 0 Å². The predicted molar refractivity (Wildman–Crippen MR) is 110 cm³/mol. The molecule has 0 radical (unpaired) electrons. The molecule has 1 aliphatic rings. The van der Waals surface area contributed by atoms with E-state index in [1.807, 2.05) is 38.1 Å². The first kappa shape index (κ1) is 20.1. The third kappa shape index (κ3) is 3.93. The Morgan fingerprint density at radius 3 is 2.57 bits per heavy atom. The highest BCUT2D eigenvalue weighted by atomic mass is 35.5. The van der Waals surface area contributed by atoms with Crippen molar-refractivity contribution in [3.8, 4) is 11.5 Å². The Kier molecular flexibility index (Phi) is 5.55. The summed E-state index contributed by atoms with van der Waals surface area (Å²) in [6, 6.07) is 14.1. The zero-order chi connectivity index (χ0) is 21.3. The van der Waals surface area contributed by atoms with Gasteiger partial charge in [0, 0.05) is 12.5 Å². The molecule has 0 saturated carbocycles. The summed E-state index contributed by atoms with van der Waals surface area (Å²) in [6.45, 7) is 3.85. The molecule has 1 aromatic heterocycles. The summed E-state index contributed by atoms with van der Waals surface area (Å²) in [4.78, 5) is 27.0. The van der Waals surface area contributed by atoms with Crippen LogP contribution in [0.3, 0.4) is 0 Å². The molecule has 0 bridgehead atoms. The van der Waals surface area contributed by atoms with Crippen molar-refractivity contribution in [1.29, 1.82) is 0 Å². The lowest BCUT2D eigenvalue weighted by atomic mass is 9.98.